The number of rotatable bonds is 6. The monoisotopic (exact) mass is 256 g/mol. The number of hydrogen-bond donors (Lipinski definition) is 0. The van der Waals surface area contributed by atoms with Gasteiger partial charge in [-0.3, -0.25) is 9.59 Å². The van der Waals surface area contributed by atoms with Gasteiger partial charge in [0.05, 0.1) is 12.4 Å². The number of ether oxygens (including phenoxy) is 1. The van der Waals surface area contributed by atoms with Crippen LogP contribution in [0.2, 0.25) is 0 Å². The minimum absolute atomic E-state index is 0.0692. The zero-order valence-corrected chi connectivity index (χ0v) is 10.3. The summed E-state index contributed by atoms with van der Waals surface area (Å²) in [5.74, 6) is -1.09. The van der Waals surface area contributed by atoms with Crippen LogP contribution in [0.15, 0.2) is 29.2 Å². The molecule has 0 fully saturated rings. The Morgan fingerprint density at radius 2 is 2.06 bits per heavy atom. The maximum atomic E-state index is 13.2. The summed E-state index contributed by atoms with van der Waals surface area (Å²) in [5.41, 5.74) is 0. The first-order valence-electron chi connectivity index (χ1n) is 5.18. The Labute approximate surface area is 103 Å². The van der Waals surface area contributed by atoms with Crippen LogP contribution in [0.4, 0.5) is 4.39 Å². The highest BCUT2D eigenvalue weighted by atomic mass is 32.2. The van der Waals surface area contributed by atoms with Crippen molar-refractivity contribution in [3.63, 3.8) is 0 Å². The Bertz CT molecular complexity index is 406. The zero-order chi connectivity index (χ0) is 12.7. The molecule has 0 aliphatic rings. The fraction of sp³-hybridized carbons (Fsp3) is 0.333. The lowest BCUT2D eigenvalue weighted by Crippen LogP contribution is -2.12. The van der Waals surface area contributed by atoms with Crippen molar-refractivity contribution in [1.29, 1.82) is 0 Å². The van der Waals surface area contributed by atoms with Crippen LogP contribution in [0, 0.1) is 5.82 Å². The lowest BCUT2D eigenvalue weighted by atomic mass is 10.3. The number of Topliss-reactive ketones (excluding diaryl/α,β-unsaturated/α-hetero) is 1. The molecule has 5 heteroatoms. The van der Waals surface area contributed by atoms with E-state index in [1.54, 1.807) is 25.1 Å². The first-order chi connectivity index (χ1) is 8.13. The first kappa shape index (κ1) is 13.7. The zero-order valence-electron chi connectivity index (χ0n) is 9.44. The van der Waals surface area contributed by atoms with Gasteiger partial charge in [0, 0.05) is 4.90 Å². The van der Waals surface area contributed by atoms with E-state index in [1.807, 2.05) is 0 Å². The fourth-order valence-corrected chi connectivity index (χ4v) is 1.94. The molecule has 1 aromatic carbocycles. The molecule has 0 atom stereocenters. The maximum absolute atomic E-state index is 13.2. The van der Waals surface area contributed by atoms with Crippen LogP contribution in [0.5, 0.6) is 0 Å². The fourth-order valence-electron chi connectivity index (χ4n) is 1.14. The molecule has 1 rings (SSSR count). The molecule has 0 amide bonds. The van der Waals surface area contributed by atoms with E-state index in [2.05, 4.69) is 4.74 Å². The van der Waals surface area contributed by atoms with Gasteiger partial charge in [-0.25, -0.2) is 4.39 Å². The van der Waals surface area contributed by atoms with Crippen molar-refractivity contribution in [1.82, 2.24) is 0 Å². The van der Waals surface area contributed by atoms with Crippen LogP contribution >= 0.6 is 11.8 Å². The summed E-state index contributed by atoms with van der Waals surface area (Å²) in [5, 5.41) is 0. The highest BCUT2D eigenvalue weighted by molar-refractivity contribution is 8.00. The van der Waals surface area contributed by atoms with Gasteiger partial charge in [-0.05, 0) is 19.1 Å². The summed E-state index contributed by atoms with van der Waals surface area (Å²) in [6.45, 7) is 1.93. The lowest BCUT2D eigenvalue weighted by Gasteiger charge is -2.02. The first-order valence-corrected chi connectivity index (χ1v) is 6.16. The van der Waals surface area contributed by atoms with E-state index >= 15 is 0 Å². The van der Waals surface area contributed by atoms with Crippen molar-refractivity contribution in [3.05, 3.63) is 30.1 Å². The van der Waals surface area contributed by atoms with Crippen molar-refractivity contribution in [2.75, 3.05) is 12.4 Å². The third-order valence-electron chi connectivity index (χ3n) is 1.87. The number of carbonyl (C=O) groups excluding carboxylic acids is 2. The Morgan fingerprint density at radius 1 is 1.35 bits per heavy atom. The Hall–Kier alpha value is -1.36. The number of ketones is 1. The number of carbonyl (C=O) groups is 2. The van der Waals surface area contributed by atoms with E-state index in [0.29, 0.717) is 4.90 Å². The van der Waals surface area contributed by atoms with Crippen LogP contribution in [-0.2, 0) is 14.3 Å². The lowest BCUT2D eigenvalue weighted by molar-refractivity contribution is -0.145. The molecule has 0 aromatic heterocycles. The van der Waals surface area contributed by atoms with E-state index in [-0.39, 0.29) is 30.4 Å². The summed E-state index contributed by atoms with van der Waals surface area (Å²) in [4.78, 5) is 22.8. The minimum Gasteiger partial charge on any atom is -0.466 e. The smallest absolute Gasteiger partial charge is 0.313 e. The molecule has 0 spiro atoms. The molecule has 0 bridgehead atoms. The van der Waals surface area contributed by atoms with Crippen LogP contribution in [0.1, 0.15) is 13.3 Å². The second kappa shape index (κ2) is 7.06. The van der Waals surface area contributed by atoms with Gasteiger partial charge < -0.3 is 4.74 Å². The highest BCUT2D eigenvalue weighted by Crippen LogP contribution is 2.21. The van der Waals surface area contributed by atoms with Crippen molar-refractivity contribution in [2.45, 2.75) is 18.2 Å². The van der Waals surface area contributed by atoms with Crippen molar-refractivity contribution in [2.24, 2.45) is 0 Å². The molecule has 92 valence electrons. The van der Waals surface area contributed by atoms with Crippen LogP contribution in [0.25, 0.3) is 0 Å². The van der Waals surface area contributed by atoms with Gasteiger partial charge in [0.2, 0.25) is 0 Å². The van der Waals surface area contributed by atoms with Crippen molar-refractivity contribution < 1.29 is 18.7 Å². The average molecular weight is 256 g/mol. The Kier molecular flexibility index (Phi) is 5.69. The van der Waals surface area contributed by atoms with Gasteiger partial charge >= 0.3 is 5.97 Å². The molecular weight excluding hydrogens is 243 g/mol. The van der Waals surface area contributed by atoms with Crippen molar-refractivity contribution >= 4 is 23.5 Å². The number of esters is 1. The molecule has 0 unspecified atom stereocenters. The number of halogens is 1. The molecule has 0 aliphatic heterocycles. The van der Waals surface area contributed by atoms with Gasteiger partial charge in [0.15, 0.2) is 5.78 Å². The topological polar surface area (TPSA) is 43.4 Å². The number of benzene rings is 1. The highest BCUT2D eigenvalue weighted by Gasteiger charge is 2.11. The predicted octanol–water partition coefficient (Wildman–Crippen LogP) is 2.44. The summed E-state index contributed by atoms with van der Waals surface area (Å²) in [6, 6.07) is 6.21. The predicted molar refractivity (Wildman–Crippen MR) is 63.4 cm³/mol. The summed E-state index contributed by atoms with van der Waals surface area (Å²) in [7, 11) is 0. The third-order valence-corrected chi connectivity index (χ3v) is 2.98. The Balaban J connectivity index is 2.38. The number of thioether (sulfide) groups is 1. The van der Waals surface area contributed by atoms with Gasteiger partial charge in [-0.15, -0.1) is 11.8 Å². The standard InChI is InChI=1S/C12H13FO3S/c1-2-16-12(15)7-9(14)8-17-11-6-4-3-5-10(11)13/h3-6H,2,7-8H2,1H3. The molecule has 0 heterocycles. The summed E-state index contributed by atoms with van der Waals surface area (Å²) >= 11 is 1.08. The quantitative estimate of drug-likeness (QED) is 0.445. The van der Waals surface area contributed by atoms with Gasteiger partial charge in [0.1, 0.15) is 12.2 Å². The summed E-state index contributed by atoms with van der Waals surface area (Å²) < 4.78 is 17.8. The van der Waals surface area contributed by atoms with E-state index in [4.69, 9.17) is 0 Å². The van der Waals surface area contributed by atoms with E-state index in [1.165, 1.54) is 6.07 Å². The third kappa shape index (κ3) is 4.99. The van der Waals surface area contributed by atoms with E-state index < -0.39 is 5.97 Å². The second-order valence-corrected chi connectivity index (χ2v) is 4.26. The van der Waals surface area contributed by atoms with Gasteiger partial charge in [-0.2, -0.15) is 0 Å². The normalized spacial score (nSPS) is 10.0. The molecule has 0 saturated carbocycles. The van der Waals surface area contributed by atoms with Crippen LogP contribution < -0.4 is 0 Å². The maximum Gasteiger partial charge on any atom is 0.313 e. The molecule has 0 saturated heterocycles. The largest absolute Gasteiger partial charge is 0.466 e. The van der Waals surface area contributed by atoms with Crippen LogP contribution in [0.3, 0.4) is 0 Å². The van der Waals surface area contributed by atoms with E-state index in [0.717, 1.165) is 11.8 Å². The molecule has 1 aromatic rings. The SMILES string of the molecule is CCOC(=O)CC(=O)CSc1ccccc1F. The molecular formula is C12H13FO3S. The molecule has 0 radical (unpaired) electrons. The molecule has 3 nitrogen and oxygen atoms in total. The van der Waals surface area contributed by atoms with E-state index in [9.17, 15) is 14.0 Å². The number of hydrogen-bond acceptors (Lipinski definition) is 4. The van der Waals surface area contributed by atoms with Gasteiger partial charge in [-0.1, -0.05) is 12.1 Å². The molecule has 0 N–H and O–H groups in total. The average Bonchev–Trinajstić information content (AvgIpc) is 2.28. The molecule has 17 heavy (non-hydrogen) atoms. The minimum atomic E-state index is -0.536. The Morgan fingerprint density at radius 3 is 2.71 bits per heavy atom. The van der Waals surface area contributed by atoms with Gasteiger partial charge in [0.25, 0.3) is 0 Å². The second-order valence-electron chi connectivity index (χ2n) is 3.24. The molecule has 0 aliphatic carbocycles. The summed E-state index contributed by atoms with van der Waals surface area (Å²) in [6.07, 6.45) is -0.255. The van der Waals surface area contributed by atoms with Crippen molar-refractivity contribution in [3.8, 4) is 0 Å². The van der Waals surface area contributed by atoms with Crippen LogP contribution in [-0.4, -0.2) is 24.1 Å².